The van der Waals surface area contributed by atoms with Crippen LogP contribution in [0.3, 0.4) is 0 Å². The van der Waals surface area contributed by atoms with Crippen LogP contribution in [-0.4, -0.2) is 32.1 Å². The number of amides is 2. The molecule has 3 aromatic rings. The lowest BCUT2D eigenvalue weighted by atomic mass is 10.1. The van der Waals surface area contributed by atoms with Crippen molar-refractivity contribution in [2.75, 3.05) is 14.2 Å². The Labute approximate surface area is 193 Å². The van der Waals surface area contributed by atoms with Crippen molar-refractivity contribution in [3.8, 4) is 17.2 Å². The van der Waals surface area contributed by atoms with Crippen LogP contribution in [0.4, 0.5) is 0 Å². The molecule has 0 heterocycles. The van der Waals surface area contributed by atoms with Crippen LogP contribution in [0.25, 0.3) is 0 Å². The van der Waals surface area contributed by atoms with Gasteiger partial charge in [-0.05, 0) is 80.1 Å². The first-order valence-electron chi connectivity index (χ1n) is 10.6. The van der Waals surface area contributed by atoms with E-state index in [-0.39, 0.29) is 17.9 Å². The lowest BCUT2D eigenvalue weighted by Crippen LogP contribution is -2.41. The van der Waals surface area contributed by atoms with Crippen molar-refractivity contribution in [3.05, 3.63) is 89.5 Å². The number of carbonyl (C=O) groups is 2. The van der Waals surface area contributed by atoms with Crippen LogP contribution in [0.15, 0.2) is 72.8 Å². The number of carbonyl (C=O) groups excluding carboxylic acids is 2. The highest BCUT2D eigenvalue weighted by molar-refractivity contribution is 5.97. The van der Waals surface area contributed by atoms with Gasteiger partial charge in [-0.25, -0.2) is 0 Å². The Hall–Kier alpha value is -4.00. The summed E-state index contributed by atoms with van der Waals surface area (Å²) in [4.78, 5) is 25.8. The van der Waals surface area contributed by atoms with Gasteiger partial charge in [-0.1, -0.05) is 12.1 Å². The number of ether oxygens (including phenoxy) is 3. The van der Waals surface area contributed by atoms with Crippen LogP contribution in [0.2, 0.25) is 0 Å². The van der Waals surface area contributed by atoms with Gasteiger partial charge < -0.3 is 24.8 Å². The van der Waals surface area contributed by atoms with Gasteiger partial charge in [-0.15, -0.1) is 0 Å². The number of benzene rings is 3. The second kappa shape index (κ2) is 11.0. The summed E-state index contributed by atoms with van der Waals surface area (Å²) >= 11 is 0. The molecule has 0 spiro atoms. The predicted molar refractivity (Wildman–Crippen MR) is 126 cm³/mol. The van der Waals surface area contributed by atoms with Gasteiger partial charge in [-0.2, -0.15) is 0 Å². The van der Waals surface area contributed by atoms with Crippen molar-refractivity contribution >= 4 is 11.8 Å². The molecule has 0 aromatic heterocycles. The minimum absolute atomic E-state index is 0.0381. The van der Waals surface area contributed by atoms with E-state index in [1.165, 1.54) is 0 Å². The summed E-state index contributed by atoms with van der Waals surface area (Å²) in [5.41, 5.74) is 1.59. The van der Waals surface area contributed by atoms with Gasteiger partial charge >= 0.3 is 0 Å². The summed E-state index contributed by atoms with van der Waals surface area (Å²) in [5.74, 6) is 1.34. The number of nitrogens with one attached hydrogen (secondary N) is 2. The maximum Gasteiger partial charge on any atom is 0.253 e. The zero-order chi connectivity index (χ0) is 23.8. The van der Waals surface area contributed by atoms with E-state index in [1.54, 1.807) is 74.9 Å². The van der Waals surface area contributed by atoms with Gasteiger partial charge in [0.05, 0.1) is 20.3 Å². The Morgan fingerprint density at radius 2 is 1.03 bits per heavy atom. The molecule has 0 atom stereocenters. The van der Waals surface area contributed by atoms with E-state index in [4.69, 9.17) is 14.2 Å². The van der Waals surface area contributed by atoms with Crippen molar-refractivity contribution in [2.45, 2.75) is 26.1 Å². The fourth-order valence-corrected chi connectivity index (χ4v) is 3.13. The van der Waals surface area contributed by atoms with E-state index >= 15 is 0 Å². The normalized spacial score (nSPS) is 10.6. The maximum absolute atomic E-state index is 12.9. The smallest absolute Gasteiger partial charge is 0.253 e. The van der Waals surface area contributed by atoms with E-state index in [9.17, 15) is 9.59 Å². The standard InChI is InChI=1S/C26H28N2O5/c1-17(2)33-23-15-5-18(6-16-23)24(27-25(29)19-7-11-21(31-3)12-8-19)28-26(30)20-9-13-22(32-4)14-10-20/h5-17,24H,1-4H3,(H,27,29)(H,28,30). The van der Waals surface area contributed by atoms with Crippen molar-refractivity contribution in [2.24, 2.45) is 0 Å². The van der Waals surface area contributed by atoms with Gasteiger partial charge in [0.25, 0.3) is 11.8 Å². The third kappa shape index (κ3) is 6.49. The number of methoxy groups -OCH3 is 2. The molecule has 0 aliphatic carbocycles. The van der Waals surface area contributed by atoms with Gasteiger partial charge in [0, 0.05) is 11.1 Å². The van der Waals surface area contributed by atoms with Crippen LogP contribution in [-0.2, 0) is 0 Å². The predicted octanol–water partition coefficient (Wildman–Crippen LogP) is 4.35. The summed E-state index contributed by atoms with van der Waals surface area (Å²) in [6, 6.07) is 20.7. The zero-order valence-corrected chi connectivity index (χ0v) is 19.1. The second-order valence-corrected chi connectivity index (χ2v) is 7.57. The van der Waals surface area contributed by atoms with Crippen molar-refractivity contribution in [1.29, 1.82) is 0 Å². The Kier molecular flexibility index (Phi) is 7.91. The minimum Gasteiger partial charge on any atom is -0.497 e. The lowest BCUT2D eigenvalue weighted by molar-refractivity contribution is 0.0883. The molecule has 0 aliphatic rings. The van der Waals surface area contributed by atoms with Crippen LogP contribution < -0.4 is 24.8 Å². The molecule has 33 heavy (non-hydrogen) atoms. The number of hydrogen-bond donors (Lipinski definition) is 2. The van der Waals surface area contributed by atoms with E-state index in [2.05, 4.69) is 10.6 Å². The van der Waals surface area contributed by atoms with E-state index < -0.39 is 6.17 Å². The first kappa shape index (κ1) is 23.7. The Morgan fingerprint density at radius 3 is 1.39 bits per heavy atom. The Balaban J connectivity index is 1.82. The first-order chi connectivity index (χ1) is 15.9. The molecule has 2 N–H and O–H groups in total. The molecule has 7 nitrogen and oxygen atoms in total. The molecule has 3 rings (SSSR count). The largest absolute Gasteiger partial charge is 0.497 e. The molecule has 172 valence electrons. The molecule has 2 amide bonds. The SMILES string of the molecule is COc1ccc(C(=O)NC(NC(=O)c2ccc(OC)cc2)c2ccc(OC(C)C)cc2)cc1. The maximum atomic E-state index is 12.9. The highest BCUT2D eigenvalue weighted by Crippen LogP contribution is 2.20. The van der Waals surface area contributed by atoms with Gasteiger partial charge in [0.2, 0.25) is 0 Å². The topological polar surface area (TPSA) is 85.9 Å². The Morgan fingerprint density at radius 1 is 0.636 bits per heavy atom. The molecule has 0 saturated heterocycles. The average molecular weight is 449 g/mol. The molecule has 0 unspecified atom stereocenters. The second-order valence-electron chi connectivity index (χ2n) is 7.57. The highest BCUT2D eigenvalue weighted by Gasteiger charge is 2.19. The third-order valence-corrected chi connectivity index (χ3v) is 4.84. The van der Waals surface area contributed by atoms with Gasteiger partial charge in [0.15, 0.2) is 0 Å². The molecular weight excluding hydrogens is 420 g/mol. The molecule has 0 radical (unpaired) electrons. The van der Waals surface area contributed by atoms with Crippen LogP contribution in [0, 0.1) is 0 Å². The van der Waals surface area contributed by atoms with Crippen molar-refractivity contribution in [3.63, 3.8) is 0 Å². The molecule has 0 saturated carbocycles. The summed E-state index contributed by atoms with van der Waals surface area (Å²) in [5, 5.41) is 5.79. The monoisotopic (exact) mass is 448 g/mol. The highest BCUT2D eigenvalue weighted by atomic mass is 16.5. The van der Waals surface area contributed by atoms with Crippen molar-refractivity contribution in [1.82, 2.24) is 10.6 Å². The summed E-state index contributed by atoms with van der Waals surface area (Å²) in [6.45, 7) is 3.89. The minimum atomic E-state index is -0.762. The van der Waals surface area contributed by atoms with Crippen LogP contribution >= 0.6 is 0 Å². The molecule has 0 aliphatic heterocycles. The Bertz CT molecular complexity index is 1000. The van der Waals surface area contributed by atoms with Crippen LogP contribution in [0.5, 0.6) is 17.2 Å². The summed E-state index contributed by atoms with van der Waals surface area (Å²) < 4.78 is 16.0. The first-order valence-corrected chi connectivity index (χ1v) is 10.6. The zero-order valence-electron chi connectivity index (χ0n) is 19.1. The summed E-state index contributed by atoms with van der Waals surface area (Å²) in [7, 11) is 3.12. The van der Waals surface area contributed by atoms with E-state index in [1.807, 2.05) is 26.0 Å². The van der Waals surface area contributed by atoms with Gasteiger partial charge in [-0.3, -0.25) is 9.59 Å². The molecule has 0 bridgehead atoms. The molecule has 0 fully saturated rings. The summed E-state index contributed by atoms with van der Waals surface area (Å²) in [6.07, 6.45) is -0.724. The fourth-order valence-electron chi connectivity index (χ4n) is 3.13. The molecule has 3 aromatic carbocycles. The van der Waals surface area contributed by atoms with E-state index in [0.717, 1.165) is 0 Å². The number of rotatable bonds is 9. The quantitative estimate of drug-likeness (QED) is 0.476. The third-order valence-electron chi connectivity index (χ3n) is 4.84. The van der Waals surface area contributed by atoms with Gasteiger partial charge in [0.1, 0.15) is 23.4 Å². The van der Waals surface area contributed by atoms with Crippen LogP contribution in [0.1, 0.15) is 46.3 Å². The molecule has 7 heteroatoms. The molecular formula is C26H28N2O5. The number of hydrogen-bond acceptors (Lipinski definition) is 5. The van der Waals surface area contributed by atoms with E-state index in [0.29, 0.717) is 33.9 Å². The average Bonchev–Trinajstić information content (AvgIpc) is 2.83. The van der Waals surface area contributed by atoms with Crippen molar-refractivity contribution < 1.29 is 23.8 Å². The fraction of sp³-hybridized carbons (Fsp3) is 0.231. The lowest BCUT2D eigenvalue weighted by Gasteiger charge is -2.21.